The monoisotopic (exact) mass is 260 g/mol. The number of nitrogens with zero attached hydrogens (tertiary/aromatic N) is 2. The molecule has 1 rings (SSSR count). The van der Waals surface area contributed by atoms with Gasteiger partial charge in [-0.25, -0.2) is 0 Å². The Balaban J connectivity index is 1.95. The van der Waals surface area contributed by atoms with Crippen LogP contribution in [0.4, 0.5) is 0 Å². The number of methoxy groups -OCH3 is 1. The highest BCUT2D eigenvalue weighted by Gasteiger charge is 1.96. The molecule has 1 aromatic rings. The Morgan fingerprint density at radius 1 is 1.06 bits per heavy atom. The van der Waals surface area contributed by atoms with Crippen LogP contribution in [0.25, 0.3) is 0 Å². The molecule has 5 nitrogen and oxygen atoms in total. The van der Waals surface area contributed by atoms with Crippen molar-refractivity contribution in [2.75, 3.05) is 33.5 Å². The van der Waals surface area contributed by atoms with Crippen molar-refractivity contribution in [3.8, 4) is 0 Å². The molecule has 0 amide bonds. The second-order valence-corrected chi connectivity index (χ2v) is 3.75. The van der Waals surface area contributed by atoms with Crippen molar-refractivity contribution >= 4 is 11.6 Å². The summed E-state index contributed by atoms with van der Waals surface area (Å²) < 4.78 is 15.6. The molecule has 1 heterocycles. The quantitative estimate of drug-likeness (QED) is 0.633. The van der Waals surface area contributed by atoms with Crippen LogP contribution in [0.15, 0.2) is 12.1 Å². The van der Waals surface area contributed by atoms with Gasteiger partial charge in [-0.1, -0.05) is 11.6 Å². The summed E-state index contributed by atoms with van der Waals surface area (Å²) >= 11 is 5.61. The number of aromatic nitrogens is 2. The van der Waals surface area contributed by atoms with Gasteiger partial charge in [-0.3, -0.25) is 0 Å². The molecule has 0 saturated carbocycles. The lowest BCUT2D eigenvalue weighted by Crippen LogP contribution is -2.06. The summed E-state index contributed by atoms with van der Waals surface area (Å²) in [4.78, 5) is 0. The van der Waals surface area contributed by atoms with Crippen molar-refractivity contribution in [3.05, 3.63) is 23.0 Å². The summed E-state index contributed by atoms with van der Waals surface area (Å²) in [5.74, 6) is 0. The van der Waals surface area contributed by atoms with Gasteiger partial charge >= 0.3 is 0 Å². The molecule has 0 aromatic carbocycles. The Hall–Kier alpha value is -0.750. The third-order valence-corrected chi connectivity index (χ3v) is 2.15. The molecule has 0 atom stereocenters. The summed E-state index contributed by atoms with van der Waals surface area (Å²) in [6.07, 6.45) is 0.852. The molecule has 96 valence electrons. The maximum Gasteiger partial charge on any atom is 0.151 e. The van der Waals surface area contributed by atoms with Crippen molar-refractivity contribution in [2.24, 2.45) is 0 Å². The van der Waals surface area contributed by atoms with Gasteiger partial charge in [0.05, 0.1) is 25.5 Å². The van der Waals surface area contributed by atoms with Gasteiger partial charge in [0.1, 0.15) is 0 Å². The molecule has 0 spiro atoms. The fourth-order valence-corrected chi connectivity index (χ4v) is 1.21. The Bertz CT molecular complexity index is 295. The molecule has 1 aromatic heterocycles. The molecular formula is C11H17ClN2O3. The molecule has 0 saturated heterocycles. The molecule has 0 bridgehead atoms. The first-order valence-corrected chi connectivity index (χ1v) is 5.83. The zero-order chi connectivity index (χ0) is 12.3. The topological polar surface area (TPSA) is 53.5 Å². The summed E-state index contributed by atoms with van der Waals surface area (Å²) in [6.45, 7) is 3.01. The van der Waals surface area contributed by atoms with E-state index in [4.69, 9.17) is 25.8 Å². The van der Waals surface area contributed by atoms with Gasteiger partial charge in [0.15, 0.2) is 5.15 Å². The number of ether oxygens (including phenoxy) is 3. The van der Waals surface area contributed by atoms with E-state index >= 15 is 0 Å². The molecule has 0 N–H and O–H groups in total. The van der Waals surface area contributed by atoms with Crippen molar-refractivity contribution in [1.82, 2.24) is 10.2 Å². The predicted octanol–water partition coefficient (Wildman–Crippen LogP) is 1.70. The highest BCUT2D eigenvalue weighted by Crippen LogP contribution is 2.03. The van der Waals surface area contributed by atoms with Crippen LogP contribution < -0.4 is 0 Å². The van der Waals surface area contributed by atoms with Crippen molar-refractivity contribution in [3.63, 3.8) is 0 Å². The number of hydrogen-bond donors (Lipinski definition) is 0. The van der Waals surface area contributed by atoms with E-state index in [2.05, 4.69) is 10.2 Å². The average molecular weight is 261 g/mol. The Labute approximate surface area is 106 Å². The molecule has 0 aliphatic carbocycles. The number of rotatable bonds is 9. The zero-order valence-corrected chi connectivity index (χ0v) is 10.7. The van der Waals surface area contributed by atoms with Gasteiger partial charge in [-0.05, 0) is 18.6 Å². The van der Waals surface area contributed by atoms with Crippen LogP contribution in [0.1, 0.15) is 12.1 Å². The first-order chi connectivity index (χ1) is 8.33. The summed E-state index contributed by atoms with van der Waals surface area (Å²) in [6, 6.07) is 3.49. The second-order valence-electron chi connectivity index (χ2n) is 3.36. The normalized spacial score (nSPS) is 10.7. The lowest BCUT2D eigenvalue weighted by atomic mass is 10.4. The van der Waals surface area contributed by atoms with E-state index in [0.29, 0.717) is 38.2 Å². The van der Waals surface area contributed by atoms with E-state index in [1.807, 2.05) is 0 Å². The highest BCUT2D eigenvalue weighted by atomic mass is 35.5. The molecule has 0 radical (unpaired) electrons. The SMILES string of the molecule is COCCOCCCOCc1ccc(Cl)nn1. The molecule has 0 unspecified atom stereocenters. The van der Waals surface area contributed by atoms with Crippen LogP contribution in [0.5, 0.6) is 0 Å². The lowest BCUT2D eigenvalue weighted by Gasteiger charge is -2.04. The van der Waals surface area contributed by atoms with E-state index in [-0.39, 0.29) is 0 Å². The molecule has 0 aliphatic rings. The Morgan fingerprint density at radius 3 is 2.59 bits per heavy atom. The molecular weight excluding hydrogens is 244 g/mol. The minimum Gasteiger partial charge on any atom is -0.382 e. The lowest BCUT2D eigenvalue weighted by molar-refractivity contribution is 0.0477. The first-order valence-electron chi connectivity index (χ1n) is 5.45. The van der Waals surface area contributed by atoms with Gasteiger partial charge in [0.2, 0.25) is 0 Å². The highest BCUT2D eigenvalue weighted by molar-refractivity contribution is 6.29. The van der Waals surface area contributed by atoms with Crippen molar-refractivity contribution in [2.45, 2.75) is 13.0 Å². The summed E-state index contributed by atoms with van der Waals surface area (Å²) in [5.41, 5.74) is 0.773. The third-order valence-electron chi connectivity index (χ3n) is 1.95. The van der Waals surface area contributed by atoms with E-state index in [0.717, 1.165) is 12.1 Å². The molecule has 6 heteroatoms. The van der Waals surface area contributed by atoms with Crippen LogP contribution >= 0.6 is 11.6 Å². The molecule has 0 aliphatic heterocycles. The molecule has 0 fully saturated rings. The van der Waals surface area contributed by atoms with Gasteiger partial charge < -0.3 is 14.2 Å². The first kappa shape index (κ1) is 14.3. The van der Waals surface area contributed by atoms with Gasteiger partial charge in [-0.2, -0.15) is 5.10 Å². The van der Waals surface area contributed by atoms with E-state index in [1.54, 1.807) is 19.2 Å². The summed E-state index contributed by atoms with van der Waals surface area (Å²) in [5, 5.41) is 8.00. The molecule has 17 heavy (non-hydrogen) atoms. The van der Waals surface area contributed by atoms with Crippen LogP contribution in [-0.4, -0.2) is 43.7 Å². The fourth-order valence-electron chi connectivity index (χ4n) is 1.10. The van der Waals surface area contributed by atoms with Crippen molar-refractivity contribution in [1.29, 1.82) is 0 Å². The van der Waals surface area contributed by atoms with Crippen LogP contribution in [0, 0.1) is 0 Å². The fraction of sp³-hybridized carbons (Fsp3) is 0.636. The van der Waals surface area contributed by atoms with E-state index in [9.17, 15) is 0 Å². The standard InChI is InChI=1S/C11H17ClN2O3/c1-15-7-8-16-5-2-6-17-9-10-3-4-11(12)14-13-10/h3-4H,2,5-9H2,1H3. The van der Waals surface area contributed by atoms with Crippen LogP contribution in [-0.2, 0) is 20.8 Å². The zero-order valence-electron chi connectivity index (χ0n) is 9.89. The van der Waals surface area contributed by atoms with Crippen LogP contribution in [0.2, 0.25) is 5.15 Å². The minimum absolute atomic E-state index is 0.389. The van der Waals surface area contributed by atoms with Crippen LogP contribution in [0.3, 0.4) is 0 Å². The summed E-state index contributed by atoms with van der Waals surface area (Å²) in [7, 11) is 1.65. The smallest absolute Gasteiger partial charge is 0.151 e. The Morgan fingerprint density at radius 2 is 1.88 bits per heavy atom. The van der Waals surface area contributed by atoms with E-state index < -0.39 is 0 Å². The maximum atomic E-state index is 5.61. The van der Waals surface area contributed by atoms with Gasteiger partial charge in [0, 0.05) is 20.3 Å². The largest absolute Gasteiger partial charge is 0.382 e. The third kappa shape index (κ3) is 7.23. The second kappa shape index (κ2) is 9.30. The van der Waals surface area contributed by atoms with Gasteiger partial charge in [0.25, 0.3) is 0 Å². The maximum absolute atomic E-state index is 5.61. The predicted molar refractivity (Wildman–Crippen MR) is 64.0 cm³/mol. The number of halogens is 1. The van der Waals surface area contributed by atoms with Gasteiger partial charge in [-0.15, -0.1) is 5.10 Å². The Kier molecular flexibility index (Phi) is 7.83. The number of hydrogen-bond acceptors (Lipinski definition) is 5. The van der Waals surface area contributed by atoms with E-state index in [1.165, 1.54) is 0 Å². The average Bonchev–Trinajstić information content (AvgIpc) is 2.35. The minimum atomic E-state index is 0.389. The van der Waals surface area contributed by atoms with Crippen molar-refractivity contribution < 1.29 is 14.2 Å².